The van der Waals surface area contributed by atoms with Crippen molar-refractivity contribution in [3.05, 3.63) is 29.6 Å². The Balaban J connectivity index is 2.04. The zero-order valence-electron chi connectivity index (χ0n) is 11.9. The van der Waals surface area contributed by atoms with Crippen molar-refractivity contribution in [3.63, 3.8) is 0 Å². The van der Waals surface area contributed by atoms with Crippen molar-refractivity contribution in [2.24, 2.45) is 0 Å². The van der Waals surface area contributed by atoms with Gasteiger partial charge in [-0.05, 0) is 32.4 Å². The van der Waals surface area contributed by atoms with Crippen molar-refractivity contribution in [1.29, 1.82) is 0 Å². The van der Waals surface area contributed by atoms with Crippen LogP contribution in [-0.2, 0) is 11.3 Å². The molecule has 1 saturated carbocycles. The predicted octanol–water partition coefficient (Wildman–Crippen LogP) is 1.98. The first-order valence-corrected chi connectivity index (χ1v) is 7.07. The van der Waals surface area contributed by atoms with Gasteiger partial charge in [0.05, 0.1) is 0 Å². The largest absolute Gasteiger partial charge is 0.477 e. The van der Waals surface area contributed by atoms with E-state index in [1.165, 1.54) is 6.07 Å². The lowest BCUT2D eigenvalue weighted by atomic mass is 10.2. The predicted molar refractivity (Wildman–Crippen MR) is 75.0 cm³/mol. The van der Waals surface area contributed by atoms with Gasteiger partial charge < -0.3 is 15.4 Å². The highest BCUT2D eigenvalue weighted by molar-refractivity contribution is 5.81. The van der Waals surface area contributed by atoms with E-state index in [4.69, 9.17) is 4.74 Å². The number of nitrogens with one attached hydrogen (secondary N) is 2. The molecule has 0 saturated heterocycles. The maximum atomic E-state index is 13.9. The lowest BCUT2D eigenvalue weighted by Crippen LogP contribution is -2.37. The van der Waals surface area contributed by atoms with E-state index < -0.39 is 11.9 Å². The maximum absolute atomic E-state index is 13.9. The quantitative estimate of drug-likeness (QED) is 0.803. The Labute approximate surface area is 118 Å². The van der Waals surface area contributed by atoms with Gasteiger partial charge in [0.15, 0.2) is 17.7 Å². The third-order valence-corrected chi connectivity index (χ3v) is 3.20. The highest BCUT2D eigenvalue weighted by Gasteiger charge is 2.27. The summed E-state index contributed by atoms with van der Waals surface area (Å²) in [5.74, 6) is -0.469. The van der Waals surface area contributed by atoms with Crippen molar-refractivity contribution >= 4 is 5.91 Å². The van der Waals surface area contributed by atoms with Crippen LogP contribution in [0.1, 0.15) is 32.3 Å². The average Bonchev–Trinajstić information content (AvgIpc) is 3.23. The molecule has 1 fully saturated rings. The zero-order valence-corrected chi connectivity index (χ0v) is 11.9. The topological polar surface area (TPSA) is 50.4 Å². The molecular formula is C15H21FN2O2. The molecule has 0 aliphatic heterocycles. The highest BCUT2D eigenvalue weighted by Crippen LogP contribution is 2.24. The monoisotopic (exact) mass is 280 g/mol. The van der Waals surface area contributed by atoms with Crippen LogP contribution in [0.4, 0.5) is 4.39 Å². The second-order valence-corrected chi connectivity index (χ2v) is 5.05. The third-order valence-electron chi connectivity index (χ3n) is 3.20. The molecule has 1 atom stereocenters. The van der Waals surface area contributed by atoms with E-state index in [1.807, 2.05) is 6.92 Å². The minimum absolute atomic E-state index is 0.159. The number of halogens is 1. The van der Waals surface area contributed by atoms with Crippen molar-refractivity contribution in [2.45, 2.75) is 45.4 Å². The van der Waals surface area contributed by atoms with Gasteiger partial charge in [0.1, 0.15) is 0 Å². The summed E-state index contributed by atoms with van der Waals surface area (Å²) >= 11 is 0. The van der Waals surface area contributed by atoms with Crippen LogP contribution < -0.4 is 15.4 Å². The van der Waals surface area contributed by atoms with Gasteiger partial charge in [-0.3, -0.25) is 4.79 Å². The molecule has 1 aromatic carbocycles. The number of rotatable bonds is 7. The Morgan fingerprint density at radius 2 is 2.25 bits per heavy atom. The lowest BCUT2D eigenvalue weighted by Gasteiger charge is -2.18. The summed E-state index contributed by atoms with van der Waals surface area (Å²) in [6.07, 6.45) is 1.33. The van der Waals surface area contributed by atoms with Gasteiger partial charge in [-0.1, -0.05) is 19.1 Å². The van der Waals surface area contributed by atoms with Gasteiger partial charge in [0.2, 0.25) is 0 Å². The number of carbonyl (C=O) groups excluding carboxylic acids is 1. The van der Waals surface area contributed by atoms with Gasteiger partial charge in [-0.2, -0.15) is 0 Å². The van der Waals surface area contributed by atoms with E-state index in [0.717, 1.165) is 24.9 Å². The third kappa shape index (κ3) is 3.93. The van der Waals surface area contributed by atoms with Gasteiger partial charge in [-0.15, -0.1) is 0 Å². The van der Waals surface area contributed by atoms with Gasteiger partial charge in [0, 0.05) is 18.2 Å². The normalized spacial score (nSPS) is 15.8. The molecule has 1 aliphatic rings. The van der Waals surface area contributed by atoms with Gasteiger partial charge >= 0.3 is 0 Å². The molecule has 0 radical (unpaired) electrons. The van der Waals surface area contributed by atoms with E-state index in [0.29, 0.717) is 6.54 Å². The van der Waals surface area contributed by atoms with E-state index in [-0.39, 0.29) is 17.7 Å². The first-order chi connectivity index (χ1) is 9.61. The summed E-state index contributed by atoms with van der Waals surface area (Å²) in [7, 11) is 0. The number of ether oxygens (including phenoxy) is 1. The second kappa shape index (κ2) is 6.70. The SMILES string of the molecule is CCNCc1cccc(F)c1OC(C)C(=O)NC1CC1. The van der Waals surface area contributed by atoms with Crippen LogP contribution in [0.5, 0.6) is 5.75 Å². The lowest BCUT2D eigenvalue weighted by molar-refractivity contribution is -0.127. The Bertz CT molecular complexity index is 475. The molecule has 1 amide bonds. The highest BCUT2D eigenvalue weighted by atomic mass is 19.1. The van der Waals surface area contributed by atoms with Crippen LogP contribution in [0.25, 0.3) is 0 Å². The molecular weight excluding hydrogens is 259 g/mol. The molecule has 4 nitrogen and oxygen atoms in total. The molecule has 0 heterocycles. The number of hydrogen-bond acceptors (Lipinski definition) is 3. The summed E-state index contributed by atoms with van der Waals surface area (Å²) in [6.45, 7) is 4.92. The summed E-state index contributed by atoms with van der Waals surface area (Å²) < 4.78 is 19.4. The first kappa shape index (κ1) is 14.8. The number of benzene rings is 1. The Kier molecular flexibility index (Phi) is 4.95. The average molecular weight is 280 g/mol. The molecule has 0 spiro atoms. The fraction of sp³-hybridized carbons (Fsp3) is 0.533. The molecule has 1 unspecified atom stereocenters. The Hall–Kier alpha value is -1.62. The van der Waals surface area contributed by atoms with Gasteiger partial charge in [0.25, 0.3) is 5.91 Å². The van der Waals surface area contributed by atoms with Crippen molar-refractivity contribution < 1.29 is 13.9 Å². The van der Waals surface area contributed by atoms with Crippen LogP contribution in [0.3, 0.4) is 0 Å². The number of amides is 1. The van der Waals surface area contributed by atoms with E-state index in [9.17, 15) is 9.18 Å². The van der Waals surface area contributed by atoms with Crippen LogP contribution in [0.2, 0.25) is 0 Å². The Morgan fingerprint density at radius 1 is 1.50 bits per heavy atom. The fourth-order valence-electron chi connectivity index (χ4n) is 1.86. The smallest absolute Gasteiger partial charge is 0.260 e. The molecule has 20 heavy (non-hydrogen) atoms. The second-order valence-electron chi connectivity index (χ2n) is 5.05. The molecule has 0 bridgehead atoms. The van der Waals surface area contributed by atoms with Crippen molar-refractivity contribution in [1.82, 2.24) is 10.6 Å². The number of para-hydroxylation sites is 1. The summed E-state index contributed by atoms with van der Waals surface area (Å²) in [5.41, 5.74) is 0.720. The molecule has 1 aromatic rings. The first-order valence-electron chi connectivity index (χ1n) is 7.07. The minimum atomic E-state index is -0.701. The number of hydrogen-bond donors (Lipinski definition) is 2. The van der Waals surface area contributed by atoms with Crippen molar-refractivity contribution in [3.8, 4) is 5.75 Å². The van der Waals surface area contributed by atoms with Crippen molar-refractivity contribution in [2.75, 3.05) is 6.54 Å². The summed E-state index contributed by atoms with van der Waals surface area (Å²) in [6, 6.07) is 5.06. The Morgan fingerprint density at radius 3 is 2.90 bits per heavy atom. The van der Waals surface area contributed by atoms with E-state index in [2.05, 4.69) is 10.6 Å². The molecule has 0 aromatic heterocycles. The summed E-state index contributed by atoms with van der Waals surface area (Å²) in [4.78, 5) is 11.9. The van der Waals surface area contributed by atoms with E-state index >= 15 is 0 Å². The van der Waals surface area contributed by atoms with Crippen LogP contribution >= 0.6 is 0 Å². The molecule has 2 N–H and O–H groups in total. The maximum Gasteiger partial charge on any atom is 0.260 e. The molecule has 5 heteroatoms. The minimum Gasteiger partial charge on any atom is -0.477 e. The van der Waals surface area contributed by atoms with E-state index in [1.54, 1.807) is 19.1 Å². The summed E-state index contributed by atoms with van der Waals surface area (Å²) in [5, 5.41) is 5.98. The molecule has 2 rings (SSSR count). The zero-order chi connectivity index (χ0) is 14.5. The fourth-order valence-corrected chi connectivity index (χ4v) is 1.86. The van der Waals surface area contributed by atoms with Crippen LogP contribution in [0.15, 0.2) is 18.2 Å². The van der Waals surface area contributed by atoms with Crippen LogP contribution in [-0.4, -0.2) is 24.6 Å². The number of carbonyl (C=O) groups is 1. The van der Waals surface area contributed by atoms with Gasteiger partial charge in [-0.25, -0.2) is 4.39 Å². The van der Waals surface area contributed by atoms with Crippen LogP contribution in [0, 0.1) is 5.82 Å². The molecule has 1 aliphatic carbocycles. The standard InChI is InChI=1S/C15H21FN2O2/c1-3-17-9-11-5-4-6-13(16)14(11)20-10(2)15(19)18-12-7-8-12/h4-6,10,12,17H,3,7-9H2,1-2H3,(H,18,19). The molecule has 110 valence electrons.